The summed E-state index contributed by atoms with van der Waals surface area (Å²) in [6.07, 6.45) is 0. The van der Waals surface area contributed by atoms with E-state index in [1.54, 1.807) is 12.1 Å². The molecule has 0 bridgehead atoms. The van der Waals surface area contributed by atoms with Crippen molar-refractivity contribution in [3.05, 3.63) is 34.9 Å². The van der Waals surface area contributed by atoms with E-state index in [-0.39, 0.29) is 11.9 Å². The van der Waals surface area contributed by atoms with Crippen LogP contribution in [-0.4, -0.2) is 36.5 Å². The predicted octanol–water partition coefficient (Wildman–Crippen LogP) is 1.77. The average Bonchev–Trinajstić information content (AvgIpc) is 2.29. The maximum atomic E-state index is 12.2. The Morgan fingerprint density at radius 3 is 2.94 bits per heavy atom. The highest BCUT2D eigenvalue weighted by Gasteiger charge is 2.24. The van der Waals surface area contributed by atoms with Gasteiger partial charge in [-0.05, 0) is 19.1 Å². The van der Waals surface area contributed by atoms with Gasteiger partial charge < -0.3 is 10.2 Å². The van der Waals surface area contributed by atoms with Crippen molar-refractivity contribution in [2.24, 2.45) is 0 Å². The number of piperazine rings is 1. The molecular formula is C12H15ClN2O. The minimum atomic E-state index is 0.0274. The molecule has 1 atom stereocenters. The van der Waals surface area contributed by atoms with Crippen molar-refractivity contribution in [1.29, 1.82) is 0 Å². The summed E-state index contributed by atoms with van der Waals surface area (Å²) in [6.45, 7) is 4.48. The van der Waals surface area contributed by atoms with Crippen molar-refractivity contribution in [3.8, 4) is 0 Å². The van der Waals surface area contributed by atoms with Gasteiger partial charge in [-0.1, -0.05) is 23.7 Å². The van der Waals surface area contributed by atoms with Crippen LogP contribution in [0.25, 0.3) is 0 Å². The van der Waals surface area contributed by atoms with Crippen LogP contribution in [-0.2, 0) is 0 Å². The minimum absolute atomic E-state index is 0.0274. The Morgan fingerprint density at radius 2 is 2.25 bits per heavy atom. The fourth-order valence-electron chi connectivity index (χ4n) is 1.93. The second kappa shape index (κ2) is 4.85. The number of hydrogen-bond donors (Lipinski definition) is 1. The minimum Gasteiger partial charge on any atom is -0.333 e. The lowest BCUT2D eigenvalue weighted by Crippen LogP contribution is -2.52. The number of carbonyl (C=O) groups is 1. The summed E-state index contributed by atoms with van der Waals surface area (Å²) in [5, 5.41) is 3.78. The monoisotopic (exact) mass is 238 g/mol. The molecule has 3 nitrogen and oxygen atoms in total. The van der Waals surface area contributed by atoms with E-state index in [2.05, 4.69) is 5.32 Å². The first-order valence-electron chi connectivity index (χ1n) is 5.46. The van der Waals surface area contributed by atoms with E-state index in [4.69, 9.17) is 11.6 Å². The molecule has 1 fully saturated rings. The zero-order valence-electron chi connectivity index (χ0n) is 9.24. The van der Waals surface area contributed by atoms with Crippen LogP contribution in [0.2, 0.25) is 5.02 Å². The SMILES string of the molecule is CC1CNCCN1C(=O)c1ccccc1Cl. The first kappa shape index (κ1) is 11.4. The topological polar surface area (TPSA) is 32.3 Å². The zero-order chi connectivity index (χ0) is 11.5. The summed E-state index contributed by atoms with van der Waals surface area (Å²) in [5.41, 5.74) is 0.595. The Hall–Kier alpha value is -1.06. The van der Waals surface area contributed by atoms with Gasteiger partial charge >= 0.3 is 0 Å². The van der Waals surface area contributed by atoms with E-state index in [0.717, 1.165) is 19.6 Å². The Morgan fingerprint density at radius 1 is 1.50 bits per heavy atom. The molecule has 1 saturated heterocycles. The summed E-state index contributed by atoms with van der Waals surface area (Å²) in [5.74, 6) is 0.0274. The van der Waals surface area contributed by atoms with E-state index < -0.39 is 0 Å². The molecule has 0 aromatic heterocycles. The van der Waals surface area contributed by atoms with E-state index in [0.29, 0.717) is 10.6 Å². The third-order valence-corrected chi connectivity index (χ3v) is 3.20. The lowest BCUT2D eigenvalue weighted by Gasteiger charge is -2.34. The van der Waals surface area contributed by atoms with Crippen LogP contribution in [0, 0.1) is 0 Å². The summed E-state index contributed by atoms with van der Waals surface area (Å²) in [6, 6.07) is 7.42. The molecule has 1 aliphatic rings. The number of nitrogens with zero attached hydrogens (tertiary/aromatic N) is 1. The quantitative estimate of drug-likeness (QED) is 0.809. The second-order valence-corrected chi connectivity index (χ2v) is 4.44. The van der Waals surface area contributed by atoms with Gasteiger partial charge in [0.15, 0.2) is 0 Å². The highest BCUT2D eigenvalue weighted by atomic mass is 35.5. The number of benzene rings is 1. The van der Waals surface area contributed by atoms with Gasteiger partial charge in [-0.2, -0.15) is 0 Å². The first-order chi connectivity index (χ1) is 7.70. The second-order valence-electron chi connectivity index (χ2n) is 4.03. The lowest BCUT2D eigenvalue weighted by atomic mass is 10.1. The molecule has 1 aromatic carbocycles. The highest BCUT2D eigenvalue weighted by Crippen LogP contribution is 2.18. The fraction of sp³-hybridized carbons (Fsp3) is 0.417. The molecule has 4 heteroatoms. The molecular weight excluding hydrogens is 224 g/mol. The number of halogens is 1. The van der Waals surface area contributed by atoms with Crippen molar-refractivity contribution in [1.82, 2.24) is 10.2 Å². The van der Waals surface area contributed by atoms with Crippen molar-refractivity contribution in [2.75, 3.05) is 19.6 Å². The highest BCUT2D eigenvalue weighted by molar-refractivity contribution is 6.33. The van der Waals surface area contributed by atoms with Gasteiger partial charge in [0, 0.05) is 25.7 Å². The van der Waals surface area contributed by atoms with Gasteiger partial charge in [0.05, 0.1) is 10.6 Å². The molecule has 1 amide bonds. The van der Waals surface area contributed by atoms with E-state index >= 15 is 0 Å². The molecule has 0 saturated carbocycles. The van der Waals surface area contributed by atoms with Crippen LogP contribution in [0.15, 0.2) is 24.3 Å². The molecule has 1 N–H and O–H groups in total. The maximum Gasteiger partial charge on any atom is 0.255 e. The molecule has 0 aliphatic carbocycles. The number of rotatable bonds is 1. The van der Waals surface area contributed by atoms with Crippen LogP contribution in [0.5, 0.6) is 0 Å². The number of amides is 1. The van der Waals surface area contributed by atoms with Gasteiger partial charge in [-0.15, -0.1) is 0 Å². The van der Waals surface area contributed by atoms with Crippen LogP contribution in [0.4, 0.5) is 0 Å². The molecule has 0 spiro atoms. The van der Waals surface area contributed by atoms with Crippen molar-refractivity contribution in [2.45, 2.75) is 13.0 Å². The van der Waals surface area contributed by atoms with Crippen LogP contribution < -0.4 is 5.32 Å². The van der Waals surface area contributed by atoms with Gasteiger partial charge in [0.25, 0.3) is 5.91 Å². The van der Waals surface area contributed by atoms with Gasteiger partial charge in [-0.3, -0.25) is 4.79 Å². The van der Waals surface area contributed by atoms with E-state index in [1.807, 2.05) is 24.0 Å². The van der Waals surface area contributed by atoms with Crippen molar-refractivity contribution in [3.63, 3.8) is 0 Å². The van der Waals surface area contributed by atoms with E-state index in [9.17, 15) is 4.79 Å². The van der Waals surface area contributed by atoms with Crippen molar-refractivity contribution < 1.29 is 4.79 Å². The van der Waals surface area contributed by atoms with E-state index in [1.165, 1.54) is 0 Å². The normalized spacial score (nSPS) is 20.9. The van der Waals surface area contributed by atoms with Crippen molar-refractivity contribution >= 4 is 17.5 Å². The largest absolute Gasteiger partial charge is 0.333 e. The van der Waals surface area contributed by atoms with Gasteiger partial charge in [-0.25, -0.2) is 0 Å². The molecule has 0 radical (unpaired) electrons. The van der Waals surface area contributed by atoms with Gasteiger partial charge in [0.2, 0.25) is 0 Å². The predicted molar refractivity (Wildman–Crippen MR) is 64.8 cm³/mol. The maximum absolute atomic E-state index is 12.2. The number of hydrogen-bond acceptors (Lipinski definition) is 2. The first-order valence-corrected chi connectivity index (χ1v) is 5.84. The average molecular weight is 239 g/mol. The summed E-state index contributed by atoms with van der Waals surface area (Å²) in [7, 11) is 0. The third-order valence-electron chi connectivity index (χ3n) is 2.87. The van der Waals surface area contributed by atoms with Gasteiger partial charge in [0.1, 0.15) is 0 Å². The summed E-state index contributed by atoms with van der Waals surface area (Å²) >= 11 is 6.02. The molecule has 1 unspecified atom stereocenters. The smallest absolute Gasteiger partial charge is 0.255 e. The molecule has 1 heterocycles. The Kier molecular flexibility index (Phi) is 3.46. The van der Waals surface area contributed by atoms with Crippen LogP contribution in [0.3, 0.4) is 0 Å². The summed E-state index contributed by atoms with van der Waals surface area (Å²) < 4.78 is 0. The molecule has 1 aliphatic heterocycles. The molecule has 86 valence electrons. The molecule has 2 rings (SSSR count). The standard InChI is InChI=1S/C12H15ClN2O/c1-9-8-14-6-7-15(9)12(16)10-4-2-3-5-11(10)13/h2-5,9,14H,6-8H2,1H3. The number of carbonyl (C=O) groups excluding carboxylic acids is 1. The Bertz CT molecular complexity index is 394. The zero-order valence-corrected chi connectivity index (χ0v) is 10.00. The molecule has 16 heavy (non-hydrogen) atoms. The fourth-order valence-corrected chi connectivity index (χ4v) is 2.15. The Labute approximate surface area is 100 Å². The van der Waals surface area contributed by atoms with Crippen LogP contribution >= 0.6 is 11.6 Å². The Balaban J connectivity index is 2.21. The lowest BCUT2D eigenvalue weighted by molar-refractivity contribution is 0.0656. The molecule has 1 aromatic rings. The summed E-state index contributed by atoms with van der Waals surface area (Å²) in [4.78, 5) is 14.1. The van der Waals surface area contributed by atoms with Crippen LogP contribution in [0.1, 0.15) is 17.3 Å². The third kappa shape index (κ3) is 2.20. The number of nitrogens with one attached hydrogen (secondary N) is 1.